The first-order chi connectivity index (χ1) is 7.09. The van der Waals surface area contributed by atoms with Crippen molar-refractivity contribution in [3.05, 3.63) is 35.9 Å². The minimum absolute atomic E-state index is 0.267. The van der Waals surface area contributed by atoms with Gasteiger partial charge in [0.25, 0.3) is 0 Å². The van der Waals surface area contributed by atoms with Crippen LogP contribution in [-0.2, 0) is 9.84 Å². The van der Waals surface area contributed by atoms with Crippen molar-refractivity contribution in [2.75, 3.05) is 25.9 Å². The molecule has 0 aliphatic carbocycles. The highest BCUT2D eigenvalue weighted by atomic mass is 32.2. The van der Waals surface area contributed by atoms with Crippen LogP contribution in [0.5, 0.6) is 0 Å². The Balaban J connectivity index is 2.34. The first kappa shape index (κ1) is 10.6. The van der Waals surface area contributed by atoms with Crippen molar-refractivity contribution >= 4 is 9.84 Å². The molecule has 1 aromatic rings. The van der Waals surface area contributed by atoms with Crippen LogP contribution >= 0.6 is 0 Å². The first-order valence-electron chi connectivity index (χ1n) is 5.04. The summed E-state index contributed by atoms with van der Waals surface area (Å²) in [6.07, 6.45) is 0. The summed E-state index contributed by atoms with van der Waals surface area (Å²) in [5.74, 6) is 0.267. The van der Waals surface area contributed by atoms with Crippen LogP contribution in [0.3, 0.4) is 0 Å². The highest BCUT2D eigenvalue weighted by Crippen LogP contribution is 2.26. The fourth-order valence-corrected chi connectivity index (χ4v) is 3.80. The Labute approximate surface area is 90.6 Å². The molecule has 0 N–H and O–H groups in total. The summed E-state index contributed by atoms with van der Waals surface area (Å²) in [5, 5.41) is -0.350. The summed E-state index contributed by atoms with van der Waals surface area (Å²) in [6.45, 7) is 1.25. The molecular weight excluding hydrogens is 210 g/mol. The molecule has 1 heterocycles. The van der Waals surface area contributed by atoms with E-state index in [4.69, 9.17) is 0 Å². The molecule has 4 heteroatoms. The zero-order valence-corrected chi connectivity index (χ0v) is 9.57. The van der Waals surface area contributed by atoms with E-state index in [1.54, 1.807) is 0 Å². The maximum Gasteiger partial charge on any atom is 0.159 e. The lowest BCUT2D eigenvalue weighted by Gasteiger charge is -2.29. The minimum Gasteiger partial charge on any atom is -0.304 e. The zero-order chi connectivity index (χ0) is 10.9. The maximum absolute atomic E-state index is 11.9. The van der Waals surface area contributed by atoms with Crippen LogP contribution in [-0.4, -0.2) is 39.2 Å². The van der Waals surface area contributed by atoms with E-state index in [1.807, 2.05) is 37.4 Å². The fourth-order valence-electron chi connectivity index (χ4n) is 1.89. The van der Waals surface area contributed by atoms with Gasteiger partial charge in [-0.05, 0) is 12.6 Å². The maximum atomic E-state index is 11.9. The predicted octanol–water partition coefficient (Wildman–Crippen LogP) is 1.09. The quantitative estimate of drug-likeness (QED) is 0.718. The summed E-state index contributed by atoms with van der Waals surface area (Å²) in [5.41, 5.74) is 0.907. The lowest BCUT2D eigenvalue weighted by Crippen LogP contribution is -2.40. The molecule has 0 spiro atoms. The molecule has 1 unspecified atom stereocenters. The second-order valence-corrected chi connectivity index (χ2v) is 6.33. The normalized spacial score (nSPS) is 26.3. The van der Waals surface area contributed by atoms with Gasteiger partial charge in [-0.15, -0.1) is 0 Å². The molecule has 1 fully saturated rings. The fraction of sp³-hybridized carbons (Fsp3) is 0.455. The average Bonchev–Trinajstić information content (AvgIpc) is 2.23. The van der Waals surface area contributed by atoms with E-state index < -0.39 is 9.84 Å². The van der Waals surface area contributed by atoms with Gasteiger partial charge in [0.2, 0.25) is 0 Å². The Morgan fingerprint density at radius 3 is 2.60 bits per heavy atom. The smallest absolute Gasteiger partial charge is 0.159 e. The summed E-state index contributed by atoms with van der Waals surface area (Å²) in [7, 11) is -0.988. The number of rotatable bonds is 1. The van der Waals surface area contributed by atoms with Gasteiger partial charge in [-0.1, -0.05) is 30.3 Å². The van der Waals surface area contributed by atoms with E-state index in [0.29, 0.717) is 13.1 Å². The lowest BCUT2D eigenvalue weighted by molar-refractivity contribution is 0.333. The number of likely N-dealkylation sites (N-methyl/N-ethyl adjacent to an activating group) is 1. The zero-order valence-electron chi connectivity index (χ0n) is 8.76. The first-order valence-corrected chi connectivity index (χ1v) is 6.76. The van der Waals surface area contributed by atoms with Crippen LogP contribution in [0, 0.1) is 0 Å². The Morgan fingerprint density at radius 1 is 1.27 bits per heavy atom. The van der Waals surface area contributed by atoms with Crippen molar-refractivity contribution in [2.45, 2.75) is 5.25 Å². The highest BCUT2D eigenvalue weighted by Gasteiger charge is 2.32. The van der Waals surface area contributed by atoms with Crippen molar-refractivity contribution in [1.29, 1.82) is 0 Å². The van der Waals surface area contributed by atoms with Crippen molar-refractivity contribution in [3.8, 4) is 0 Å². The lowest BCUT2D eigenvalue weighted by atomic mass is 10.1. The molecule has 0 radical (unpaired) electrons. The minimum atomic E-state index is -2.95. The Hall–Kier alpha value is -0.870. The molecule has 1 atom stereocenters. The van der Waals surface area contributed by atoms with E-state index in [9.17, 15) is 8.42 Å². The molecule has 1 aromatic carbocycles. The van der Waals surface area contributed by atoms with E-state index in [1.165, 1.54) is 0 Å². The molecule has 15 heavy (non-hydrogen) atoms. The Morgan fingerprint density at radius 2 is 1.93 bits per heavy atom. The molecule has 1 saturated heterocycles. The summed E-state index contributed by atoms with van der Waals surface area (Å²) < 4.78 is 23.8. The largest absolute Gasteiger partial charge is 0.304 e. The summed E-state index contributed by atoms with van der Waals surface area (Å²) >= 11 is 0. The van der Waals surface area contributed by atoms with Crippen LogP contribution in [0.15, 0.2) is 30.3 Å². The molecule has 1 aliphatic heterocycles. The van der Waals surface area contributed by atoms with Gasteiger partial charge in [0.15, 0.2) is 9.84 Å². The third-order valence-corrected chi connectivity index (χ3v) is 4.88. The van der Waals surface area contributed by atoms with Crippen molar-refractivity contribution in [1.82, 2.24) is 4.90 Å². The van der Waals surface area contributed by atoms with Crippen molar-refractivity contribution < 1.29 is 8.42 Å². The van der Waals surface area contributed by atoms with Gasteiger partial charge in [0, 0.05) is 13.1 Å². The van der Waals surface area contributed by atoms with Crippen LogP contribution in [0.1, 0.15) is 10.8 Å². The van der Waals surface area contributed by atoms with Gasteiger partial charge in [-0.25, -0.2) is 8.42 Å². The Bertz CT molecular complexity index is 427. The number of benzene rings is 1. The third kappa shape index (κ3) is 2.21. The molecule has 2 rings (SSSR count). The molecule has 0 saturated carbocycles. The van der Waals surface area contributed by atoms with Gasteiger partial charge >= 0.3 is 0 Å². The van der Waals surface area contributed by atoms with Gasteiger partial charge in [-0.2, -0.15) is 0 Å². The standard InChI is InChI=1S/C11H15NO2S/c1-12-7-8-15(13,14)11(9-12)10-5-3-2-4-6-10/h2-6,11H,7-9H2,1H3. The van der Waals surface area contributed by atoms with Gasteiger partial charge in [0.1, 0.15) is 0 Å². The molecule has 3 nitrogen and oxygen atoms in total. The van der Waals surface area contributed by atoms with Crippen molar-refractivity contribution in [3.63, 3.8) is 0 Å². The van der Waals surface area contributed by atoms with Crippen molar-refractivity contribution in [2.24, 2.45) is 0 Å². The van der Waals surface area contributed by atoms with Gasteiger partial charge in [0.05, 0.1) is 11.0 Å². The molecular formula is C11H15NO2S. The van der Waals surface area contributed by atoms with Crippen LogP contribution in [0.25, 0.3) is 0 Å². The summed E-state index contributed by atoms with van der Waals surface area (Å²) in [4.78, 5) is 2.07. The number of hydrogen-bond acceptors (Lipinski definition) is 3. The second-order valence-electron chi connectivity index (χ2n) is 4.03. The average molecular weight is 225 g/mol. The molecule has 0 amide bonds. The monoisotopic (exact) mass is 225 g/mol. The van der Waals surface area contributed by atoms with E-state index >= 15 is 0 Å². The van der Waals surface area contributed by atoms with E-state index in [0.717, 1.165) is 5.56 Å². The predicted molar refractivity (Wildman–Crippen MR) is 60.5 cm³/mol. The van der Waals surface area contributed by atoms with Gasteiger partial charge in [-0.3, -0.25) is 0 Å². The van der Waals surface area contributed by atoms with Gasteiger partial charge < -0.3 is 4.90 Å². The second kappa shape index (κ2) is 3.94. The van der Waals surface area contributed by atoms with Crippen LogP contribution in [0.4, 0.5) is 0 Å². The molecule has 0 bridgehead atoms. The van der Waals surface area contributed by atoms with E-state index in [2.05, 4.69) is 4.90 Å². The molecule has 1 aliphatic rings. The van der Waals surface area contributed by atoms with Crippen LogP contribution < -0.4 is 0 Å². The number of hydrogen-bond donors (Lipinski definition) is 0. The van der Waals surface area contributed by atoms with E-state index in [-0.39, 0.29) is 11.0 Å². The number of nitrogens with zero attached hydrogens (tertiary/aromatic N) is 1. The molecule has 82 valence electrons. The third-order valence-electron chi connectivity index (χ3n) is 2.84. The summed E-state index contributed by atoms with van der Waals surface area (Å²) in [6, 6.07) is 9.46. The number of sulfone groups is 1. The Kier molecular flexibility index (Phi) is 2.80. The highest BCUT2D eigenvalue weighted by molar-refractivity contribution is 7.91. The molecule has 0 aromatic heterocycles. The van der Waals surface area contributed by atoms with Crippen LogP contribution in [0.2, 0.25) is 0 Å². The SMILES string of the molecule is CN1CCS(=O)(=O)C(c2ccccc2)C1. The topological polar surface area (TPSA) is 37.4 Å².